The molecule has 5 heteroatoms. The normalized spacial score (nSPS) is 11.1. The van der Waals surface area contributed by atoms with Crippen molar-refractivity contribution in [1.29, 1.82) is 0 Å². The first-order valence-corrected chi connectivity index (χ1v) is 7.10. The van der Waals surface area contributed by atoms with E-state index in [-0.39, 0.29) is 0 Å². The van der Waals surface area contributed by atoms with E-state index < -0.39 is 13.9 Å². The zero-order chi connectivity index (χ0) is 12.3. The van der Waals surface area contributed by atoms with Crippen molar-refractivity contribution in [1.82, 2.24) is 0 Å². The van der Waals surface area contributed by atoms with Gasteiger partial charge in [-0.2, -0.15) is 0 Å². The molecule has 4 nitrogen and oxygen atoms in total. The first-order chi connectivity index (χ1) is 6.83. The Balaban J connectivity index is 0. The number of phosphoric acid groups is 1. The molecule has 0 aliphatic carbocycles. The summed E-state index contributed by atoms with van der Waals surface area (Å²) < 4.78 is 14.0. The van der Waals surface area contributed by atoms with E-state index in [1.54, 1.807) is 13.8 Å². The van der Waals surface area contributed by atoms with E-state index in [1.807, 2.05) is 0 Å². The summed E-state index contributed by atoms with van der Waals surface area (Å²) in [6, 6.07) is 0. The molecule has 0 bridgehead atoms. The molecule has 0 spiro atoms. The number of unbranched alkanes of at least 4 members (excludes halogenated alkanes) is 4. The van der Waals surface area contributed by atoms with Crippen LogP contribution in [0.15, 0.2) is 0 Å². The van der Waals surface area contributed by atoms with Gasteiger partial charge in [-0.05, 0) is 13.8 Å². The van der Waals surface area contributed by atoms with Crippen LogP contribution in [0.4, 0.5) is 0 Å². The third-order valence-electron chi connectivity index (χ3n) is 1.56. The van der Waals surface area contributed by atoms with Crippen molar-refractivity contribution in [2.45, 2.75) is 65.9 Å². The quantitative estimate of drug-likeness (QED) is 0.551. The van der Waals surface area contributed by atoms with Gasteiger partial charge in [0, 0.05) is 0 Å². The molecule has 0 heterocycles. The van der Waals surface area contributed by atoms with E-state index in [0.717, 1.165) is 0 Å². The fourth-order valence-electron chi connectivity index (χ4n) is 0.951. The largest absolute Gasteiger partial charge is 0.469 e. The van der Waals surface area contributed by atoms with Gasteiger partial charge in [-0.25, -0.2) is 4.57 Å². The van der Waals surface area contributed by atoms with Gasteiger partial charge in [0.2, 0.25) is 0 Å². The Morgan fingerprint density at radius 3 is 1.60 bits per heavy atom. The van der Waals surface area contributed by atoms with Gasteiger partial charge in [-0.15, -0.1) is 0 Å². The van der Waals surface area contributed by atoms with E-state index in [4.69, 9.17) is 9.79 Å². The van der Waals surface area contributed by atoms with Crippen LogP contribution in [-0.2, 0) is 9.09 Å². The summed E-state index contributed by atoms with van der Waals surface area (Å²) in [7, 11) is -4.22. The lowest BCUT2D eigenvalue weighted by Crippen LogP contribution is -1.98. The van der Waals surface area contributed by atoms with Crippen LogP contribution in [0, 0.1) is 0 Å². The van der Waals surface area contributed by atoms with Gasteiger partial charge in [0.25, 0.3) is 0 Å². The van der Waals surface area contributed by atoms with Crippen molar-refractivity contribution < 1.29 is 18.9 Å². The summed E-state index contributed by atoms with van der Waals surface area (Å²) in [6.07, 6.45) is 6.59. The zero-order valence-corrected chi connectivity index (χ0v) is 11.2. The monoisotopic (exact) mass is 240 g/mol. The molecule has 0 fully saturated rings. The highest BCUT2D eigenvalue weighted by Crippen LogP contribution is 2.37. The van der Waals surface area contributed by atoms with Crippen LogP contribution in [0.2, 0.25) is 0 Å². The summed E-state index contributed by atoms with van der Waals surface area (Å²) in [6.45, 7) is 7.60. The van der Waals surface area contributed by atoms with Gasteiger partial charge in [-0.3, -0.25) is 4.52 Å². The van der Waals surface area contributed by atoms with E-state index >= 15 is 0 Å². The first kappa shape index (κ1) is 17.5. The second kappa shape index (κ2) is 10.6. The van der Waals surface area contributed by atoms with Crippen LogP contribution in [0.5, 0.6) is 0 Å². The molecule has 0 aromatic carbocycles. The van der Waals surface area contributed by atoms with Gasteiger partial charge in [0.15, 0.2) is 0 Å². The molecule has 0 amide bonds. The lowest BCUT2D eigenvalue weighted by atomic mass is 10.2. The van der Waals surface area contributed by atoms with Crippen molar-refractivity contribution in [2.24, 2.45) is 0 Å². The van der Waals surface area contributed by atoms with Gasteiger partial charge in [-0.1, -0.05) is 46.0 Å². The molecule has 2 N–H and O–H groups in total. The lowest BCUT2D eigenvalue weighted by molar-refractivity contribution is 0.156. The summed E-state index contributed by atoms with van der Waals surface area (Å²) in [5.74, 6) is 0. The fraction of sp³-hybridized carbons (Fsp3) is 1.00. The van der Waals surface area contributed by atoms with E-state index in [0.29, 0.717) is 0 Å². The van der Waals surface area contributed by atoms with Gasteiger partial charge in [0.05, 0.1) is 6.10 Å². The summed E-state index contributed by atoms with van der Waals surface area (Å²) in [4.78, 5) is 16.2. The van der Waals surface area contributed by atoms with Gasteiger partial charge >= 0.3 is 7.82 Å². The minimum atomic E-state index is -4.22. The average Bonchev–Trinajstić information content (AvgIpc) is 2.01. The Morgan fingerprint density at radius 1 is 1.07 bits per heavy atom. The molecule has 15 heavy (non-hydrogen) atoms. The molecular formula is C10H25O4P. The molecule has 0 aliphatic rings. The summed E-state index contributed by atoms with van der Waals surface area (Å²) in [5.41, 5.74) is 0. The Bertz CT molecular complexity index is 161. The maximum Gasteiger partial charge on any atom is 0.469 e. The van der Waals surface area contributed by atoms with Crippen molar-refractivity contribution in [3.05, 3.63) is 0 Å². The topological polar surface area (TPSA) is 66.8 Å². The zero-order valence-electron chi connectivity index (χ0n) is 10.3. The van der Waals surface area contributed by atoms with Crippen LogP contribution in [0.3, 0.4) is 0 Å². The molecular weight excluding hydrogens is 215 g/mol. The maximum atomic E-state index is 9.91. The molecule has 0 rings (SSSR count). The molecule has 94 valence electrons. The fourth-order valence-corrected chi connectivity index (χ4v) is 1.50. The number of rotatable bonds is 6. The standard InChI is InChI=1S/C7H16.C3H9O4P/c1-3-5-7-6-4-2;1-3(2)7-8(4,5)6/h3-7H2,1-2H3;3H,1-2H3,(H2,4,5,6). The average molecular weight is 240 g/mol. The SMILES string of the molecule is CC(C)OP(=O)(O)O.CCCCCCC. The minimum Gasteiger partial charge on any atom is -0.303 e. The van der Waals surface area contributed by atoms with E-state index in [1.165, 1.54) is 32.1 Å². The Hall–Kier alpha value is 0.110. The van der Waals surface area contributed by atoms with E-state index in [9.17, 15) is 4.57 Å². The lowest BCUT2D eigenvalue weighted by Gasteiger charge is -2.06. The summed E-state index contributed by atoms with van der Waals surface area (Å²) >= 11 is 0. The van der Waals surface area contributed by atoms with E-state index in [2.05, 4.69) is 18.4 Å². The Kier molecular flexibility index (Phi) is 12.4. The van der Waals surface area contributed by atoms with Crippen LogP contribution in [-0.4, -0.2) is 15.9 Å². The smallest absolute Gasteiger partial charge is 0.303 e. The highest BCUT2D eigenvalue weighted by Gasteiger charge is 2.14. The van der Waals surface area contributed by atoms with Crippen LogP contribution >= 0.6 is 7.82 Å². The number of hydrogen-bond donors (Lipinski definition) is 2. The third-order valence-corrected chi connectivity index (χ3v) is 2.25. The summed E-state index contributed by atoms with van der Waals surface area (Å²) in [5, 5.41) is 0. The second-order valence-corrected chi connectivity index (χ2v) is 4.90. The van der Waals surface area contributed by atoms with Gasteiger partial charge < -0.3 is 9.79 Å². The molecule has 0 atom stereocenters. The molecule has 0 aromatic rings. The third kappa shape index (κ3) is 24.9. The molecule has 0 aliphatic heterocycles. The highest BCUT2D eigenvalue weighted by atomic mass is 31.2. The van der Waals surface area contributed by atoms with Crippen molar-refractivity contribution in [3.8, 4) is 0 Å². The first-order valence-electron chi connectivity index (χ1n) is 5.57. The van der Waals surface area contributed by atoms with Crippen LogP contribution < -0.4 is 0 Å². The van der Waals surface area contributed by atoms with Crippen molar-refractivity contribution in [3.63, 3.8) is 0 Å². The second-order valence-electron chi connectivity index (χ2n) is 3.71. The molecule has 0 radical (unpaired) electrons. The van der Waals surface area contributed by atoms with Gasteiger partial charge in [0.1, 0.15) is 0 Å². The molecule has 0 unspecified atom stereocenters. The Morgan fingerprint density at radius 2 is 1.47 bits per heavy atom. The number of hydrogen-bond acceptors (Lipinski definition) is 2. The molecule has 0 saturated carbocycles. The van der Waals surface area contributed by atoms with Crippen molar-refractivity contribution >= 4 is 7.82 Å². The van der Waals surface area contributed by atoms with Crippen LogP contribution in [0.1, 0.15) is 59.8 Å². The minimum absolute atomic E-state index is 0.421. The highest BCUT2D eigenvalue weighted by molar-refractivity contribution is 7.46. The Labute approximate surface area is 93.3 Å². The molecule has 0 saturated heterocycles. The van der Waals surface area contributed by atoms with Crippen molar-refractivity contribution in [2.75, 3.05) is 0 Å². The van der Waals surface area contributed by atoms with Crippen LogP contribution in [0.25, 0.3) is 0 Å². The predicted octanol–water partition coefficient (Wildman–Crippen LogP) is 3.48. The predicted molar refractivity (Wildman–Crippen MR) is 62.7 cm³/mol. The number of phosphoric ester groups is 1. The maximum absolute atomic E-state index is 9.91. The molecule has 0 aromatic heterocycles.